The van der Waals surface area contributed by atoms with Gasteiger partial charge in [-0.05, 0) is 31.9 Å². The lowest BCUT2D eigenvalue weighted by atomic mass is 10.2. The lowest BCUT2D eigenvalue weighted by molar-refractivity contribution is 1.10. The summed E-state index contributed by atoms with van der Waals surface area (Å²) < 4.78 is 2.04. The maximum Gasteiger partial charge on any atom is 0.144 e. The molecule has 0 bridgehead atoms. The van der Waals surface area contributed by atoms with Crippen molar-refractivity contribution < 1.29 is 0 Å². The molecule has 2 heterocycles. The van der Waals surface area contributed by atoms with Gasteiger partial charge in [0, 0.05) is 18.5 Å². The summed E-state index contributed by atoms with van der Waals surface area (Å²) in [7, 11) is 0. The molecule has 0 radical (unpaired) electrons. The van der Waals surface area contributed by atoms with Crippen LogP contribution in [0.3, 0.4) is 0 Å². The number of imidazole rings is 1. The highest BCUT2D eigenvalue weighted by Gasteiger charge is 2.03. The van der Waals surface area contributed by atoms with Crippen LogP contribution >= 0.6 is 0 Å². The lowest BCUT2D eigenvalue weighted by Crippen LogP contribution is -1.88. The van der Waals surface area contributed by atoms with E-state index in [1.807, 2.05) is 23.8 Å². The Hall–Kier alpha value is -1.53. The van der Waals surface area contributed by atoms with E-state index in [0.29, 0.717) is 0 Å². The van der Waals surface area contributed by atoms with Crippen molar-refractivity contribution in [1.29, 1.82) is 0 Å². The predicted molar refractivity (Wildman–Crippen MR) is 54.1 cm³/mol. The molecule has 0 atom stereocenters. The Balaban J connectivity index is 2.67. The molecule has 0 saturated heterocycles. The Labute approximate surface area is 77.9 Å². The number of hydrogen-bond donors (Lipinski definition) is 0. The number of fused-ring (bicyclic) bond motifs is 1. The third-order valence-electron chi connectivity index (χ3n) is 2.22. The van der Waals surface area contributed by atoms with Gasteiger partial charge >= 0.3 is 0 Å². The molecule has 13 heavy (non-hydrogen) atoms. The van der Waals surface area contributed by atoms with Gasteiger partial charge in [0.2, 0.25) is 0 Å². The van der Waals surface area contributed by atoms with Crippen LogP contribution in [0.2, 0.25) is 0 Å². The molecule has 0 unspecified atom stereocenters. The highest BCUT2D eigenvalue weighted by molar-refractivity contribution is 5.55. The monoisotopic (exact) mass is 172 g/mol. The summed E-state index contributed by atoms with van der Waals surface area (Å²) in [5, 5.41) is 0. The van der Waals surface area contributed by atoms with Crippen molar-refractivity contribution in [3.05, 3.63) is 34.6 Å². The van der Waals surface area contributed by atoms with Gasteiger partial charge in [0.1, 0.15) is 5.82 Å². The van der Waals surface area contributed by atoms with Crippen molar-refractivity contribution in [3.8, 4) is 0 Å². The molecular weight excluding hydrogens is 160 g/mol. The van der Waals surface area contributed by atoms with E-state index in [1.165, 1.54) is 11.1 Å². The van der Waals surface area contributed by atoms with Gasteiger partial charge in [-0.25, -0.2) is 4.98 Å². The zero-order valence-corrected chi connectivity index (χ0v) is 8.13. The molecule has 1 aromatic heterocycles. The number of hydrogen-bond acceptors (Lipinski definition) is 1. The smallest absolute Gasteiger partial charge is 0.144 e. The Morgan fingerprint density at radius 2 is 2.08 bits per heavy atom. The molecule has 0 N–H and O–H groups in total. The number of rotatable bonds is 0. The summed E-state index contributed by atoms with van der Waals surface area (Å²) in [6, 6.07) is 0. The second-order valence-corrected chi connectivity index (χ2v) is 3.37. The fourth-order valence-corrected chi connectivity index (χ4v) is 1.34. The molecular formula is C11H12N2. The van der Waals surface area contributed by atoms with Gasteiger partial charge in [-0.15, -0.1) is 5.73 Å². The van der Waals surface area contributed by atoms with Crippen molar-refractivity contribution in [2.75, 3.05) is 0 Å². The minimum atomic E-state index is 0.953. The van der Waals surface area contributed by atoms with E-state index >= 15 is 0 Å². The van der Waals surface area contributed by atoms with Crippen LogP contribution in [0.1, 0.15) is 25.4 Å². The van der Waals surface area contributed by atoms with Gasteiger partial charge in [-0.1, -0.05) is 0 Å². The van der Waals surface area contributed by atoms with Gasteiger partial charge in [-0.3, -0.25) is 0 Å². The van der Waals surface area contributed by atoms with Crippen molar-refractivity contribution in [2.45, 2.75) is 20.8 Å². The minimum Gasteiger partial charge on any atom is -0.306 e. The average molecular weight is 172 g/mol. The summed E-state index contributed by atoms with van der Waals surface area (Å²) >= 11 is 0. The molecule has 0 amide bonds. The Bertz CT molecular complexity index is 441. The molecule has 66 valence electrons. The third-order valence-corrected chi connectivity index (χ3v) is 2.22. The largest absolute Gasteiger partial charge is 0.306 e. The van der Waals surface area contributed by atoms with Crippen LogP contribution in [0, 0.1) is 6.92 Å². The first-order valence-corrected chi connectivity index (χ1v) is 4.34. The molecule has 1 aromatic rings. The van der Waals surface area contributed by atoms with Crippen LogP contribution in [0.15, 0.2) is 23.1 Å². The van der Waals surface area contributed by atoms with Crippen molar-refractivity contribution in [2.24, 2.45) is 0 Å². The highest BCUT2D eigenvalue weighted by atomic mass is 15.1. The summed E-state index contributed by atoms with van der Waals surface area (Å²) in [4.78, 5) is 4.37. The maximum atomic E-state index is 4.37. The van der Waals surface area contributed by atoms with E-state index in [-0.39, 0.29) is 0 Å². The molecule has 2 heteroatoms. The predicted octanol–water partition coefficient (Wildman–Crippen LogP) is 2.62. The van der Waals surface area contributed by atoms with Crippen molar-refractivity contribution in [3.63, 3.8) is 0 Å². The lowest BCUT2D eigenvalue weighted by Gasteiger charge is -1.97. The second-order valence-electron chi connectivity index (χ2n) is 3.37. The highest BCUT2D eigenvalue weighted by Crippen LogP contribution is 2.15. The maximum absolute atomic E-state index is 4.37. The molecule has 2 rings (SSSR count). The first kappa shape index (κ1) is 8.09. The number of allylic oxidation sites excluding steroid dienone is 2. The van der Waals surface area contributed by atoms with E-state index in [1.54, 1.807) is 0 Å². The first-order chi connectivity index (χ1) is 6.16. The van der Waals surface area contributed by atoms with Gasteiger partial charge in [0.05, 0.1) is 5.69 Å². The number of aromatic nitrogens is 2. The summed E-state index contributed by atoms with van der Waals surface area (Å²) in [5.41, 5.74) is 6.64. The molecule has 1 aliphatic rings. The quantitative estimate of drug-likeness (QED) is 0.550. The Kier molecular flexibility index (Phi) is 1.71. The fourth-order valence-electron chi connectivity index (χ4n) is 1.34. The van der Waals surface area contributed by atoms with Crippen LogP contribution in [0.5, 0.6) is 0 Å². The van der Waals surface area contributed by atoms with Gasteiger partial charge in [0.15, 0.2) is 0 Å². The van der Waals surface area contributed by atoms with Gasteiger partial charge in [0.25, 0.3) is 0 Å². The first-order valence-electron chi connectivity index (χ1n) is 4.34. The molecule has 1 aliphatic heterocycles. The van der Waals surface area contributed by atoms with E-state index in [9.17, 15) is 0 Å². The molecule has 0 aromatic carbocycles. The van der Waals surface area contributed by atoms with Crippen LogP contribution in [0.4, 0.5) is 0 Å². The van der Waals surface area contributed by atoms with Crippen molar-refractivity contribution >= 4 is 12.3 Å². The molecule has 0 fully saturated rings. The summed E-state index contributed by atoms with van der Waals surface area (Å²) in [6.45, 7) is 6.14. The van der Waals surface area contributed by atoms with E-state index < -0.39 is 0 Å². The minimum absolute atomic E-state index is 0.953. The van der Waals surface area contributed by atoms with E-state index in [0.717, 1.165) is 11.5 Å². The summed E-state index contributed by atoms with van der Waals surface area (Å²) in [5.74, 6) is 0.953. The van der Waals surface area contributed by atoms with Gasteiger partial charge < -0.3 is 4.57 Å². The van der Waals surface area contributed by atoms with E-state index in [2.05, 4.69) is 30.8 Å². The van der Waals surface area contributed by atoms with Crippen LogP contribution < -0.4 is 0 Å². The van der Waals surface area contributed by atoms with Crippen LogP contribution in [0.25, 0.3) is 12.3 Å². The molecule has 0 saturated carbocycles. The third kappa shape index (κ3) is 1.36. The Morgan fingerprint density at radius 1 is 1.31 bits per heavy atom. The Morgan fingerprint density at radius 3 is 2.85 bits per heavy atom. The molecule has 2 nitrogen and oxygen atoms in total. The topological polar surface area (TPSA) is 17.8 Å². The normalized spacial score (nSPS) is 14.7. The zero-order valence-electron chi connectivity index (χ0n) is 8.13. The second kappa shape index (κ2) is 2.75. The fraction of sp³-hybridized carbons (Fsp3) is 0.273. The molecule has 0 spiro atoms. The summed E-state index contributed by atoms with van der Waals surface area (Å²) in [6.07, 6.45) is 6.03. The number of aryl methyl sites for hydroxylation is 1. The standard InChI is InChI=1S/C11H12N2/c1-8-4-5-11-12-10(3)7-13(11)6-9(8)2/h5-7H,1-3H3. The average Bonchev–Trinajstić information content (AvgIpc) is 2.36. The van der Waals surface area contributed by atoms with Crippen molar-refractivity contribution in [1.82, 2.24) is 9.55 Å². The van der Waals surface area contributed by atoms with Crippen LogP contribution in [-0.2, 0) is 0 Å². The SMILES string of the molecule is CC1=C=Cc2nc(C)cn2C=C1C. The molecule has 0 aliphatic carbocycles. The number of nitrogens with zero attached hydrogens (tertiary/aromatic N) is 2. The van der Waals surface area contributed by atoms with Crippen LogP contribution in [-0.4, -0.2) is 9.55 Å². The zero-order chi connectivity index (χ0) is 9.42. The van der Waals surface area contributed by atoms with E-state index in [4.69, 9.17) is 0 Å². The van der Waals surface area contributed by atoms with Gasteiger partial charge in [-0.2, -0.15) is 0 Å².